The van der Waals surface area contributed by atoms with Crippen molar-refractivity contribution in [2.24, 2.45) is 0 Å². The van der Waals surface area contributed by atoms with Crippen LogP contribution in [-0.4, -0.2) is 15.3 Å². The van der Waals surface area contributed by atoms with Gasteiger partial charge in [0, 0.05) is 5.75 Å². The van der Waals surface area contributed by atoms with Gasteiger partial charge in [-0.05, 0) is 6.42 Å². The summed E-state index contributed by atoms with van der Waals surface area (Å²) in [6.45, 7) is 2.16. The van der Waals surface area contributed by atoms with E-state index in [1.807, 2.05) is 0 Å². The number of hydrogen-bond donors (Lipinski definition) is 0. The third-order valence-corrected chi connectivity index (χ3v) is 5.41. The average molecular weight is 254 g/mol. The van der Waals surface area contributed by atoms with Crippen LogP contribution in [-0.2, 0) is 0 Å². The van der Waals surface area contributed by atoms with Crippen molar-refractivity contribution in [1.82, 2.24) is 0 Å². The molecule has 0 nitrogen and oxygen atoms in total. The van der Waals surface area contributed by atoms with E-state index in [1.165, 1.54) is 12.8 Å². The van der Waals surface area contributed by atoms with Gasteiger partial charge in [-0.25, -0.2) is 0 Å². The molecule has 0 saturated carbocycles. The zero-order chi connectivity index (χ0) is 8.69. The van der Waals surface area contributed by atoms with Crippen LogP contribution in [0.4, 0.5) is 0 Å². The summed E-state index contributed by atoms with van der Waals surface area (Å²) in [5.74, 6) is 1.12. The summed E-state index contributed by atoms with van der Waals surface area (Å²) in [4.78, 5) is -0.476. The number of unbranched alkanes of at least 4 members (excludes halogenated alkanes) is 1. The molecule has 0 amide bonds. The van der Waals surface area contributed by atoms with Crippen LogP contribution >= 0.6 is 56.4 Å². The fourth-order valence-corrected chi connectivity index (χ4v) is 3.58. The summed E-state index contributed by atoms with van der Waals surface area (Å²) in [6, 6.07) is 0. The van der Waals surface area contributed by atoms with Crippen LogP contribution in [0.5, 0.6) is 0 Å². The van der Waals surface area contributed by atoms with Crippen LogP contribution in [0.3, 0.4) is 0 Å². The summed E-state index contributed by atoms with van der Waals surface area (Å²) < 4.78 is -0.194. The van der Waals surface area contributed by atoms with Crippen molar-refractivity contribution in [3.05, 3.63) is 0 Å². The Bertz CT molecular complexity index is 89.9. The van der Waals surface area contributed by atoms with Crippen molar-refractivity contribution in [1.29, 1.82) is 0 Å². The topological polar surface area (TPSA) is 0 Å². The van der Waals surface area contributed by atoms with Crippen molar-refractivity contribution in [2.75, 3.05) is 5.75 Å². The van der Waals surface area contributed by atoms with Gasteiger partial charge in [-0.2, -0.15) is 0 Å². The molecule has 0 heterocycles. The summed E-state index contributed by atoms with van der Waals surface area (Å²) in [6.07, 6.45) is 2.43. The second-order valence-corrected chi connectivity index (χ2v) is 6.48. The van der Waals surface area contributed by atoms with Crippen LogP contribution in [0.2, 0.25) is 0 Å². The molecule has 0 aliphatic rings. The highest BCUT2D eigenvalue weighted by molar-refractivity contribution is 8.77. The van der Waals surface area contributed by atoms with Crippen molar-refractivity contribution < 1.29 is 0 Å². The predicted octanol–water partition coefficient (Wildman–Crippen LogP) is 4.54. The third kappa shape index (κ3) is 7.92. The Labute approximate surface area is 91.1 Å². The largest absolute Gasteiger partial charge is 0.134 e. The number of alkyl halides is 3. The van der Waals surface area contributed by atoms with Gasteiger partial charge >= 0.3 is 0 Å². The molecule has 0 aliphatic heterocycles. The van der Waals surface area contributed by atoms with Crippen LogP contribution in [0.15, 0.2) is 0 Å². The second-order valence-electron chi connectivity index (χ2n) is 1.96. The Morgan fingerprint density at radius 3 is 2.36 bits per heavy atom. The first-order chi connectivity index (χ1) is 5.18. The van der Waals surface area contributed by atoms with Crippen molar-refractivity contribution in [3.8, 4) is 0 Å². The Hall–Kier alpha value is 1.57. The lowest BCUT2D eigenvalue weighted by Crippen LogP contribution is -2.00. The molecule has 0 saturated heterocycles. The lowest BCUT2D eigenvalue weighted by Gasteiger charge is -2.07. The molecule has 0 aromatic rings. The molecule has 0 aliphatic carbocycles. The minimum atomic E-state index is -0.476. The summed E-state index contributed by atoms with van der Waals surface area (Å²) in [5, 5.41) is 0. The highest BCUT2D eigenvalue weighted by Gasteiger charge is 2.13. The van der Waals surface area contributed by atoms with Gasteiger partial charge < -0.3 is 0 Å². The van der Waals surface area contributed by atoms with E-state index in [-0.39, 0.29) is 4.71 Å². The fourth-order valence-electron chi connectivity index (χ4n) is 0.358. The first kappa shape index (κ1) is 12.6. The third-order valence-electron chi connectivity index (χ3n) is 0.939. The summed E-state index contributed by atoms with van der Waals surface area (Å²) in [5.41, 5.74) is 0. The minimum Gasteiger partial charge on any atom is -0.107 e. The normalized spacial score (nSPS) is 13.9. The van der Waals surface area contributed by atoms with Gasteiger partial charge in [0.2, 0.25) is 0 Å². The van der Waals surface area contributed by atoms with E-state index in [0.29, 0.717) is 0 Å². The van der Waals surface area contributed by atoms with Gasteiger partial charge in [0.25, 0.3) is 0 Å². The van der Waals surface area contributed by atoms with Crippen LogP contribution in [0.1, 0.15) is 19.8 Å². The smallest absolute Gasteiger partial charge is 0.107 e. The number of rotatable bonds is 6. The first-order valence-corrected chi connectivity index (χ1v) is 7.08. The highest BCUT2D eigenvalue weighted by atomic mass is 35.5. The molecule has 0 fully saturated rings. The standard InChI is InChI=1S/C6H11Cl3S2/c1-2-3-4-10-11-6(9)5(7)8/h5-6H,2-4H2,1H3. The van der Waals surface area contributed by atoms with E-state index < -0.39 is 4.84 Å². The molecule has 5 heteroatoms. The van der Waals surface area contributed by atoms with Gasteiger partial charge in [-0.1, -0.05) is 34.9 Å². The SMILES string of the molecule is CCCCSSC(Cl)C(Cl)Cl. The summed E-state index contributed by atoms with van der Waals surface area (Å²) >= 11 is 16.9. The molecule has 68 valence electrons. The zero-order valence-corrected chi connectivity index (χ0v) is 10.1. The maximum Gasteiger partial charge on any atom is 0.134 e. The van der Waals surface area contributed by atoms with E-state index >= 15 is 0 Å². The maximum atomic E-state index is 5.77. The van der Waals surface area contributed by atoms with Gasteiger partial charge in [0.15, 0.2) is 0 Å². The molecule has 1 atom stereocenters. The molecular weight excluding hydrogens is 243 g/mol. The van der Waals surface area contributed by atoms with Crippen molar-refractivity contribution in [3.63, 3.8) is 0 Å². The van der Waals surface area contributed by atoms with E-state index in [2.05, 4.69) is 6.92 Å². The van der Waals surface area contributed by atoms with E-state index in [9.17, 15) is 0 Å². The van der Waals surface area contributed by atoms with Gasteiger partial charge in [0.05, 0.1) is 0 Å². The van der Waals surface area contributed by atoms with Crippen LogP contribution < -0.4 is 0 Å². The van der Waals surface area contributed by atoms with Crippen molar-refractivity contribution in [2.45, 2.75) is 29.3 Å². The molecule has 0 rings (SSSR count). The molecular formula is C6H11Cl3S2. The Balaban J connectivity index is 3.10. The molecule has 0 radical (unpaired) electrons. The van der Waals surface area contributed by atoms with E-state index in [1.54, 1.807) is 21.6 Å². The highest BCUT2D eigenvalue weighted by Crippen LogP contribution is 2.35. The number of hydrogen-bond acceptors (Lipinski definition) is 2. The molecule has 0 bridgehead atoms. The van der Waals surface area contributed by atoms with E-state index in [4.69, 9.17) is 34.8 Å². The fraction of sp³-hybridized carbons (Fsp3) is 1.00. The molecule has 0 aromatic heterocycles. The molecule has 0 aromatic carbocycles. The van der Waals surface area contributed by atoms with Crippen LogP contribution in [0.25, 0.3) is 0 Å². The quantitative estimate of drug-likeness (QED) is 0.387. The Morgan fingerprint density at radius 2 is 1.91 bits per heavy atom. The molecule has 1 unspecified atom stereocenters. The number of halogens is 3. The molecule has 0 spiro atoms. The lowest BCUT2D eigenvalue weighted by atomic mass is 10.4. The first-order valence-electron chi connectivity index (χ1n) is 3.39. The lowest BCUT2D eigenvalue weighted by molar-refractivity contribution is 0.898. The second kappa shape index (κ2) is 8.18. The van der Waals surface area contributed by atoms with Crippen molar-refractivity contribution >= 4 is 56.4 Å². The zero-order valence-electron chi connectivity index (χ0n) is 6.23. The van der Waals surface area contributed by atoms with Crippen LogP contribution in [0, 0.1) is 0 Å². The van der Waals surface area contributed by atoms with Gasteiger partial charge in [0.1, 0.15) is 9.55 Å². The van der Waals surface area contributed by atoms with Gasteiger partial charge in [-0.15, -0.1) is 34.8 Å². The molecule has 11 heavy (non-hydrogen) atoms. The monoisotopic (exact) mass is 252 g/mol. The maximum absolute atomic E-state index is 5.77. The van der Waals surface area contributed by atoms with Gasteiger partial charge in [-0.3, -0.25) is 0 Å². The Morgan fingerprint density at radius 1 is 1.27 bits per heavy atom. The van der Waals surface area contributed by atoms with E-state index in [0.717, 1.165) is 5.75 Å². The summed E-state index contributed by atoms with van der Waals surface area (Å²) in [7, 11) is 3.27. The molecule has 0 N–H and O–H groups in total. The predicted molar refractivity (Wildman–Crippen MR) is 60.1 cm³/mol. The average Bonchev–Trinajstić information content (AvgIpc) is 1.97. The minimum absolute atomic E-state index is 0.194. The Kier molecular flexibility index (Phi) is 9.35.